The zero-order chi connectivity index (χ0) is 32.0. The lowest BCUT2D eigenvalue weighted by Gasteiger charge is -2.44. The van der Waals surface area contributed by atoms with E-state index >= 15 is 4.39 Å². The molecule has 2 atom stereocenters. The number of amides is 2. The van der Waals surface area contributed by atoms with Crippen LogP contribution in [-0.2, 0) is 15.7 Å². The molecular weight excluding hydrogens is 586 g/mol. The molecule has 2 N–H and O–H groups in total. The van der Waals surface area contributed by atoms with Crippen LogP contribution in [0.4, 0.5) is 33.7 Å². The van der Waals surface area contributed by atoms with Gasteiger partial charge in [0.1, 0.15) is 5.82 Å². The van der Waals surface area contributed by atoms with Gasteiger partial charge in [-0.25, -0.2) is 9.18 Å². The molecular formula is C30H39F4N5O5. The number of ether oxygens (including phenoxy) is 2. The van der Waals surface area contributed by atoms with Crippen LogP contribution in [0.5, 0.6) is 0 Å². The van der Waals surface area contributed by atoms with E-state index in [1.807, 2.05) is 25.8 Å². The number of benzene rings is 1. The molecule has 2 saturated heterocycles. The molecule has 0 unspecified atom stereocenters. The summed E-state index contributed by atoms with van der Waals surface area (Å²) in [6.45, 7) is 7.80. The van der Waals surface area contributed by atoms with Gasteiger partial charge in [-0.1, -0.05) is 6.08 Å². The predicted molar refractivity (Wildman–Crippen MR) is 159 cm³/mol. The molecule has 0 bridgehead atoms. The van der Waals surface area contributed by atoms with Gasteiger partial charge in [-0.15, -0.1) is 0 Å². The number of halogens is 4. The van der Waals surface area contributed by atoms with E-state index in [0.717, 1.165) is 6.20 Å². The Kier molecular flexibility index (Phi) is 8.51. The van der Waals surface area contributed by atoms with E-state index in [-0.39, 0.29) is 45.7 Å². The Bertz CT molecular complexity index is 1540. The zero-order valence-electron chi connectivity index (χ0n) is 24.9. The molecule has 0 saturated carbocycles. The zero-order valence-corrected chi connectivity index (χ0v) is 24.9. The predicted octanol–water partition coefficient (Wildman–Crippen LogP) is 4.82. The molecule has 242 valence electrons. The first-order chi connectivity index (χ1) is 20.6. The summed E-state index contributed by atoms with van der Waals surface area (Å²) in [5, 5.41) is 2.56. The van der Waals surface area contributed by atoms with Gasteiger partial charge in [-0.05, 0) is 51.9 Å². The third kappa shape index (κ3) is 6.46. The minimum Gasteiger partial charge on any atom is -0.438 e. The van der Waals surface area contributed by atoms with Crippen molar-refractivity contribution in [3.63, 3.8) is 0 Å². The van der Waals surface area contributed by atoms with Gasteiger partial charge >= 0.3 is 12.3 Å². The first-order valence-corrected chi connectivity index (χ1v) is 14.3. The number of rotatable bonds is 5. The average Bonchev–Trinajstić information content (AvgIpc) is 2.95. The lowest BCUT2D eigenvalue weighted by molar-refractivity contribution is -0.171. The van der Waals surface area contributed by atoms with E-state index in [1.165, 1.54) is 17.0 Å². The van der Waals surface area contributed by atoms with Crippen LogP contribution in [0.2, 0.25) is 0 Å². The van der Waals surface area contributed by atoms with Crippen LogP contribution in [0.3, 0.4) is 0 Å². The average molecular weight is 626 g/mol. The molecule has 0 radical (unpaired) electrons. The summed E-state index contributed by atoms with van der Waals surface area (Å²) >= 11 is 0. The molecule has 1 aromatic heterocycles. The number of nitrogens with zero attached hydrogens (tertiary/aromatic N) is 3. The molecule has 5 rings (SSSR count). The number of aromatic amines is 1. The van der Waals surface area contributed by atoms with Gasteiger partial charge in [0.25, 0.3) is 5.91 Å². The molecule has 1 aromatic carbocycles. The Balaban J connectivity index is 0.00000288. The number of nitrogens with one attached hydrogen (secondary N) is 2. The fourth-order valence-electron chi connectivity index (χ4n) is 5.66. The van der Waals surface area contributed by atoms with Crippen molar-refractivity contribution in [2.75, 3.05) is 56.7 Å². The van der Waals surface area contributed by atoms with E-state index in [1.54, 1.807) is 13.0 Å². The minimum absolute atomic E-state index is 0. The van der Waals surface area contributed by atoms with E-state index in [2.05, 4.69) is 15.2 Å². The molecule has 3 aliphatic heterocycles. The van der Waals surface area contributed by atoms with Crippen LogP contribution in [0.1, 0.15) is 51.5 Å². The molecule has 4 heterocycles. The molecule has 2 fully saturated rings. The van der Waals surface area contributed by atoms with Crippen molar-refractivity contribution in [2.24, 2.45) is 0 Å². The van der Waals surface area contributed by atoms with Gasteiger partial charge in [0, 0.05) is 58.9 Å². The number of hydrogen-bond donors (Lipinski definition) is 2. The Morgan fingerprint density at radius 1 is 1.16 bits per heavy atom. The van der Waals surface area contributed by atoms with Crippen molar-refractivity contribution in [1.82, 2.24) is 14.8 Å². The van der Waals surface area contributed by atoms with Gasteiger partial charge in [0.05, 0.1) is 35.7 Å². The third-order valence-electron chi connectivity index (χ3n) is 8.47. The highest BCUT2D eigenvalue weighted by Crippen LogP contribution is 2.37. The Morgan fingerprint density at radius 3 is 2.41 bits per heavy atom. The SMILES string of the molecule is C[C@@H]1CN(c2cc(F)c(C3=CCN(C(=O)OC4(C)COC4)CC3)cc2NC(=O)c2c[nH]c(=O)cc2C(F)(F)F)C[C@H](C)N1C.[HH].[HH]. The first-order valence-electron chi connectivity index (χ1n) is 14.3. The molecule has 2 aromatic rings. The summed E-state index contributed by atoms with van der Waals surface area (Å²) in [5.41, 5.74) is -2.66. The lowest BCUT2D eigenvalue weighted by atomic mass is 9.97. The Labute approximate surface area is 254 Å². The molecule has 0 spiro atoms. The number of aromatic nitrogens is 1. The third-order valence-corrected chi connectivity index (χ3v) is 8.47. The number of alkyl halides is 3. The molecule has 2 amide bonds. The highest BCUT2D eigenvalue weighted by Gasteiger charge is 2.39. The topological polar surface area (TPSA) is 107 Å². The Morgan fingerprint density at radius 2 is 1.84 bits per heavy atom. The second kappa shape index (κ2) is 11.9. The maximum atomic E-state index is 15.8. The maximum absolute atomic E-state index is 15.8. The van der Waals surface area contributed by atoms with Crippen molar-refractivity contribution in [2.45, 2.75) is 51.1 Å². The van der Waals surface area contributed by atoms with Crippen LogP contribution in [0.15, 0.2) is 35.3 Å². The van der Waals surface area contributed by atoms with E-state index < -0.39 is 46.3 Å². The molecule has 3 aliphatic rings. The van der Waals surface area contributed by atoms with Crippen LogP contribution < -0.4 is 15.8 Å². The normalized spacial score (nSPS) is 22.2. The highest BCUT2D eigenvalue weighted by molar-refractivity contribution is 6.07. The first kappa shape index (κ1) is 31.5. The summed E-state index contributed by atoms with van der Waals surface area (Å²) in [6.07, 6.45) is -2.76. The summed E-state index contributed by atoms with van der Waals surface area (Å²) in [5.74, 6) is -1.68. The standard InChI is InChI=1S/C30H35F4N5O5.2H2/c1-17-13-39(14-18(2)37(17)4)25-11-23(31)20(19-5-7-38(8-6-19)28(42)44-29(3)15-43-16-29)9-24(25)36-27(41)21-12-35-26(40)10-22(21)30(32,33)34;;/h5,9-12,17-18H,6-8,13-16H2,1-4H3,(H,35,40)(H,36,41);2*1H/t17-,18+;;. The van der Waals surface area contributed by atoms with Crippen LogP contribution in [-0.4, -0.2) is 90.9 Å². The van der Waals surface area contributed by atoms with Crippen molar-refractivity contribution < 1.29 is 39.5 Å². The molecule has 0 aliphatic carbocycles. The number of carbonyl (C=O) groups is 2. The largest absolute Gasteiger partial charge is 0.438 e. The lowest BCUT2D eigenvalue weighted by Crippen LogP contribution is -2.55. The van der Waals surface area contributed by atoms with Gasteiger partial charge < -0.3 is 29.6 Å². The second-order valence-electron chi connectivity index (χ2n) is 11.9. The van der Waals surface area contributed by atoms with Gasteiger partial charge in [-0.3, -0.25) is 14.5 Å². The van der Waals surface area contributed by atoms with Crippen molar-refractivity contribution in [3.8, 4) is 0 Å². The fourth-order valence-corrected chi connectivity index (χ4v) is 5.66. The van der Waals surface area contributed by atoms with Crippen LogP contribution in [0, 0.1) is 5.82 Å². The van der Waals surface area contributed by atoms with Crippen molar-refractivity contribution in [3.05, 3.63) is 63.3 Å². The monoisotopic (exact) mass is 625 g/mol. The second-order valence-corrected chi connectivity index (χ2v) is 11.9. The number of piperazine rings is 1. The number of anilines is 2. The van der Waals surface area contributed by atoms with E-state index in [4.69, 9.17) is 9.47 Å². The minimum atomic E-state index is -4.96. The Hall–Kier alpha value is -3.91. The summed E-state index contributed by atoms with van der Waals surface area (Å²) in [4.78, 5) is 45.3. The van der Waals surface area contributed by atoms with Gasteiger partial charge in [-0.2, -0.15) is 13.2 Å². The molecule has 44 heavy (non-hydrogen) atoms. The van der Waals surface area contributed by atoms with Crippen molar-refractivity contribution >= 4 is 28.9 Å². The number of hydrogen-bond acceptors (Lipinski definition) is 7. The van der Waals surface area contributed by atoms with Crippen LogP contribution in [0.25, 0.3) is 5.57 Å². The number of H-pyrrole nitrogens is 1. The van der Waals surface area contributed by atoms with Gasteiger partial charge in [0.15, 0.2) is 5.60 Å². The number of carbonyl (C=O) groups excluding carboxylic acids is 2. The quantitative estimate of drug-likeness (QED) is 0.459. The van der Waals surface area contributed by atoms with Crippen molar-refractivity contribution in [1.29, 1.82) is 0 Å². The van der Waals surface area contributed by atoms with E-state index in [9.17, 15) is 27.6 Å². The summed E-state index contributed by atoms with van der Waals surface area (Å²) in [7, 11) is 1.98. The molecule has 10 nitrogen and oxygen atoms in total. The highest BCUT2D eigenvalue weighted by atomic mass is 19.4. The molecule has 14 heteroatoms. The fraction of sp³-hybridized carbons (Fsp3) is 0.500. The maximum Gasteiger partial charge on any atom is 0.417 e. The van der Waals surface area contributed by atoms with Gasteiger partial charge in [0.2, 0.25) is 5.56 Å². The van der Waals surface area contributed by atoms with Crippen LogP contribution >= 0.6 is 0 Å². The summed E-state index contributed by atoms with van der Waals surface area (Å²) in [6, 6.07) is 3.18. The number of pyridine rings is 1. The summed E-state index contributed by atoms with van der Waals surface area (Å²) < 4.78 is 67.7. The van der Waals surface area contributed by atoms with E-state index in [0.29, 0.717) is 43.6 Å². The smallest absolute Gasteiger partial charge is 0.417 e. The number of likely N-dealkylation sites (N-methyl/N-ethyl adjacent to an activating group) is 1.